The van der Waals surface area contributed by atoms with Crippen LogP contribution in [0.3, 0.4) is 0 Å². The van der Waals surface area contributed by atoms with E-state index in [0.29, 0.717) is 0 Å². The first-order valence-electron chi connectivity index (χ1n) is 8.30. The van der Waals surface area contributed by atoms with E-state index in [2.05, 4.69) is 15.9 Å². The molecule has 1 aliphatic rings. The number of benzene rings is 1. The number of methoxy groups -OCH3 is 2. The van der Waals surface area contributed by atoms with E-state index in [1.165, 1.54) is 0 Å². The lowest BCUT2D eigenvalue weighted by Gasteiger charge is -2.36. The van der Waals surface area contributed by atoms with Gasteiger partial charge in [0, 0.05) is 40.4 Å². The molecule has 126 valence electrons. The summed E-state index contributed by atoms with van der Waals surface area (Å²) in [6.45, 7) is 5.19. The van der Waals surface area contributed by atoms with Crippen molar-refractivity contribution in [3.05, 3.63) is 29.8 Å². The average Bonchev–Trinajstić information content (AvgIpc) is 2.62. The molecule has 1 saturated heterocycles. The van der Waals surface area contributed by atoms with Gasteiger partial charge in [-0.05, 0) is 37.9 Å². The van der Waals surface area contributed by atoms with Gasteiger partial charge in [-0.3, -0.25) is 4.90 Å². The molecule has 0 atom stereocenters. The number of nitrogens with zero attached hydrogens (tertiary/aromatic N) is 3. The van der Waals surface area contributed by atoms with E-state index in [4.69, 9.17) is 9.47 Å². The van der Waals surface area contributed by atoms with Gasteiger partial charge in [0.1, 0.15) is 6.07 Å². The second-order valence-electron chi connectivity index (χ2n) is 5.85. The molecule has 0 amide bonds. The zero-order chi connectivity index (χ0) is 16.5. The fraction of sp³-hybridized carbons (Fsp3) is 0.611. The summed E-state index contributed by atoms with van der Waals surface area (Å²) in [5.41, 5.74) is 1.84. The Morgan fingerprint density at radius 1 is 1.09 bits per heavy atom. The number of hydrogen-bond donors (Lipinski definition) is 0. The van der Waals surface area contributed by atoms with E-state index in [1.54, 1.807) is 14.2 Å². The Morgan fingerprint density at radius 3 is 2.43 bits per heavy atom. The van der Waals surface area contributed by atoms with E-state index >= 15 is 0 Å². The van der Waals surface area contributed by atoms with E-state index in [-0.39, 0.29) is 6.29 Å². The summed E-state index contributed by atoms with van der Waals surface area (Å²) in [7, 11) is 3.37. The minimum atomic E-state index is -0.0747. The van der Waals surface area contributed by atoms with Crippen LogP contribution in [0.5, 0.6) is 0 Å². The van der Waals surface area contributed by atoms with E-state index in [9.17, 15) is 5.26 Å². The van der Waals surface area contributed by atoms with Crippen molar-refractivity contribution in [2.24, 2.45) is 0 Å². The Balaban J connectivity index is 1.71. The summed E-state index contributed by atoms with van der Waals surface area (Å²) in [6, 6.07) is 10.2. The van der Waals surface area contributed by atoms with Crippen molar-refractivity contribution in [1.29, 1.82) is 5.26 Å². The number of unbranched alkanes of at least 4 members (excludes halogenated alkanes) is 1. The summed E-state index contributed by atoms with van der Waals surface area (Å²) in [5.74, 6) is 0. The number of piperazine rings is 1. The van der Waals surface area contributed by atoms with Crippen LogP contribution in [-0.4, -0.2) is 58.1 Å². The Kier molecular flexibility index (Phi) is 7.34. The maximum Gasteiger partial charge on any atom is 0.156 e. The van der Waals surface area contributed by atoms with Gasteiger partial charge in [-0.2, -0.15) is 5.26 Å². The normalized spacial score (nSPS) is 15.8. The molecular formula is C18H27N3O2. The molecule has 1 heterocycles. The fourth-order valence-corrected chi connectivity index (χ4v) is 3.03. The molecule has 0 aromatic heterocycles. The number of nitriles is 1. The van der Waals surface area contributed by atoms with Crippen LogP contribution >= 0.6 is 0 Å². The highest BCUT2D eigenvalue weighted by Crippen LogP contribution is 2.21. The van der Waals surface area contributed by atoms with Crippen LogP contribution in [0, 0.1) is 11.3 Å². The summed E-state index contributed by atoms with van der Waals surface area (Å²) in [4.78, 5) is 4.82. The Hall–Kier alpha value is -1.61. The maximum atomic E-state index is 9.22. The van der Waals surface area contributed by atoms with Gasteiger partial charge < -0.3 is 14.4 Å². The van der Waals surface area contributed by atoms with Gasteiger partial charge in [0.15, 0.2) is 6.29 Å². The van der Waals surface area contributed by atoms with Gasteiger partial charge in [-0.15, -0.1) is 0 Å². The molecule has 0 saturated carbocycles. The zero-order valence-corrected chi connectivity index (χ0v) is 14.2. The third kappa shape index (κ3) is 5.21. The number of anilines is 1. The quantitative estimate of drug-likeness (QED) is 0.544. The third-order valence-electron chi connectivity index (χ3n) is 4.43. The highest BCUT2D eigenvalue weighted by atomic mass is 16.7. The summed E-state index contributed by atoms with van der Waals surface area (Å²) < 4.78 is 10.4. The predicted octanol–water partition coefficient (Wildman–Crippen LogP) is 2.47. The van der Waals surface area contributed by atoms with Gasteiger partial charge in [-0.25, -0.2) is 0 Å². The second kappa shape index (κ2) is 9.51. The van der Waals surface area contributed by atoms with Crippen molar-refractivity contribution in [1.82, 2.24) is 4.90 Å². The Morgan fingerprint density at radius 2 is 1.78 bits per heavy atom. The van der Waals surface area contributed by atoms with Crippen LogP contribution in [-0.2, 0) is 9.47 Å². The van der Waals surface area contributed by atoms with Gasteiger partial charge >= 0.3 is 0 Å². The van der Waals surface area contributed by atoms with Crippen molar-refractivity contribution < 1.29 is 9.47 Å². The maximum absolute atomic E-state index is 9.22. The molecule has 0 bridgehead atoms. The summed E-state index contributed by atoms with van der Waals surface area (Å²) >= 11 is 0. The lowest BCUT2D eigenvalue weighted by atomic mass is 10.1. The molecule has 0 radical (unpaired) electrons. The third-order valence-corrected chi connectivity index (χ3v) is 4.43. The minimum absolute atomic E-state index is 0.0747. The standard InChI is InChI=1S/C18H27N3O2/c1-22-18(23-2)9-5-6-10-20-11-13-21(14-12-20)17-8-4-3-7-16(17)15-19/h3-4,7-8,18H,5-6,9-14H2,1-2H3. The molecular weight excluding hydrogens is 290 g/mol. The van der Waals surface area contributed by atoms with E-state index in [1.807, 2.05) is 24.3 Å². The van der Waals surface area contributed by atoms with Crippen LogP contribution in [0.15, 0.2) is 24.3 Å². The average molecular weight is 317 g/mol. The first kappa shape index (κ1) is 17.7. The van der Waals surface area contributed by atoms with Crippen LogP contribution < -0.4 is 4.90 Å². The predicted molar refractivity (Wildman–Crippen MR) is 91.5 cm³/mol. The highest BCUT2D eigenvalue weighted by molar-refractivity contribution is 5.59. The molecule has 0 spiro atoms. The van der Waals surface area contributed by atoms with Crippen LogP contribution in [0.4, 0.5) is 5.69 Å². The molecule has 2 rings (SSSR count). The topological polar surface area (TPSA) is 48.7 Å². The number of para-hydroxylation sites is 1. The van der Waals surface area contributed by atoms with E-state index < -0.39 is 0 Å². The zero-order valence-electron chi connectivity index (χ0n) is 14.2. The van der Waals surface area contributed by atoms with Gasteiger partial charge in [-0.1, -0.05) is 12.1 Å². The molecule has 1 aromatic rings. The van der Waals surface area contributed by atoms with Gasteiger partial charge in [0.05, 0.1) is 11.3 Å². The number of hydrogen-bond acceptors (Lipinski definition) is 5. The summed E-state index contributed by atoms with van der Waals surface area (Å²) in [5, 5.41) is 9.22. The first-order chi connectivity index (χ1) is 11.3. The van der Waals surface area contributed by atoms with Crippen molar-refractivity contribution in [2.75, 3.05) is 51.8 Å². The first-order valence-corrected chi connectivity index (χ1v) is 8.30. The largest absolute Gasteiger partial charge is 0.368 e. The minimum Gasteiger partial charge on any atom is -0.368 e. The molecule has 1 aliphatic heterocycles. The molecule has 23 heavy (non-hydrogen) atoms. The summed E-state index contributed by atoms with van der Waals surface area (Å²) in [6.07, 6.45) is 3.15. The van der Waals surface area contributed by atoms with Crippen LogP contribution in [0.25, 0.3) is 0 Å². The molecule has 1 aromatic carbocycles. The van der Waals surface area contributed by atoms with Crippen molar-refractivity contribution in [3.8, 4) is 6.07 Å². The lowest BCUT2D eigenvalue weighted by molar-refractivity contribution is -0.107. The molecule has 0 unspecified atom stereocenters. The molecule has 0 aliphatic carbocycles. The molecule has 5 nitrogen and oxygen atoms in total. The Labute approximate surface area is 139 Å². The second-order valence-corrected chi connectivity index (χ2v) is 5.85. The van der Waals surface area contributed by atoms with E-state index in [0.717, 1.165) is 63.2 Å². The monoisotopic (exact) mass is 317 g/mol. The molecule has 1 fully saturated rings. The van der Waals surface area contributed by atoms with Gasteiger partial charge in [0.25, 0.3) is 0 Å². The van der Waals surface area contributed by atoms with Gasteiger partial charge in [0.2, 0.25) is 0 Å². The fourth-order valence-electron chi connectivity index (χ4n) is 3.03. The highest BCUT2D eigenvalue weighted by Gasteiger charge is 2.18. The lowest BCUT2D eigenvalue weighted by Crippen LogP contribution is -2.46. The number of ether oxygens (including phenoxy) is 2. The van der Waals surface area contributed by atoms with Crippen molar-refractivity contribution >= 4 is 5.69 Å². The Bertz CT molecular complexity index is 503. The van der Waals surface area contributed by atoms with Crippen LogP contribution in [0.2, 0.25) is 0 Å². The number of rotatable bonds is 8. The molecule has 5 heteroatoms. The smallest absolute Gasteiger partial charge is 0.156 e. The van der Waals surface area contributed by atoms with Crippen LogP contribution in [0.1, 0.15) is 24.8 Å². The van der Waals surface area contributed by atoms with Crippen molar-refractivity contribution in [2.45, 2.75) is 25.6 Å². The SMILES string of the molecule is COC(CCCCN1CCN(c2ccccc2C#N)CC1)OC. The van der Waals surface area contributed by atoms with Crippen molar-refractivity contribution in [3.63, 3.8) is 0 Å². The molecule has 0 N–H and O–H groups in total.